The number of aromatic carboxylic acids is 1. The zero-order valence-corrected chi connectivity index (χ0v) is 12.5. The Morgan fingerprint density at radius 1 is 1.38 bits per heavy atom. The number of aliphatic hydroxyl groups excluding tert-OH is 1. The maximum absolute atomic E-state index is 12.8. The molecular weight excluding hydrogens is 302 g/mol. The van der Waals surface area contributed by atoms with Gasteiger partial charge >= 0.3 is 5.97 Å². The number of carboxylic acid groups (broad SMARTS) is 1. The molecule has 0 aliphatic carbocycles. The van der Waals surface area contributed by atoms with Gasteiger partial charge in [0.25, 0.3) is 0 Å². The van der Waals surface area contributed by atoms with Crippen molar-refractivity contribution in [2.45, 2.75) is 24.8 Å². The van der Waals surface area contributed by atoms with Crippen LogP contribution < -0.4 is 0 Å². The van der Waals surface area contributed by atoms with Gasteiger partial charge in [-0.25, -0.2) is 13.2 Å². The number of morpholine rings is 1. The molecule has 1 fully saturated rings. The lowest BCUT2D eigenvalue weighted by atomic mass is 10.2. The number of nitrogens with zero attached hydrogens (tertiary/aromatic N) is 1. The van der Waals surface area contributed by atoms with Crippen LogP contribution in [0.1, 0.15) is 21.9 Å². The van der Waals surface area contributed by atoms with Gasteiger partial charge in [-0.2, -0.15) is 4.31 Å². The number of furan rings is 1. The van der Waals surface area contributed by atoms with E-state index in [0.717, 1.165) is 4.31 Å². The molecule has 1 aromatic rings. The summed E-state index contributed by atoms with van der Waals surface area (Å²) in [5.74, 6) is -1.31. The lowest BCUT2D eigenvalue weighted by Crippen LogP contribution is -2.50. The van der Waals surface area contributed by atoms with Gasteiger partial charge in [0.15, 0.2) is 0 Å². The topological polar surface area (TPSA) is 117 Å². The van der Waals surface area contributed by atoms with Gasteiger partial charge < -0.3 is 19.4 Å². The number of aryl methyl sites for hydroxylation is 2. The third-order valence-corrected chi connectivity index (χ3v) is 5.48. The van der Waals surface area contributed by atoms with Gasteiger partial charge in [0.2, 0.25) is 10.0 Å². The van der Waals surface area contributed by atoms with Gasteiger partial charge in [-0.3, -0.25) is 0 Å². The first-order valence-corrected chi connectivity index (χ1v) is 7.78. The van der Waals surface area contributed by atoms with Crippen LogP contribution in [0.3, 0.4) is 0 Å². The number of rotatable bonds is 4. The second-order valence-electron chi connectivity index (χ2n) is 4.75. The number of ether oxygens (including phenoxy) is 1. The first-order valence-electron chi connectivity index (χ1n) is 6.34. The molecule has 0 amide bonds. The number of sulfonamides is 1. The minimum Gasteiger partial charge on any atom is -0.478 e. The highest BCUT2D eigenvalue weighted by molar-refractivity contribution is 7.89. The van der Waals surface area contributed by atoms with Crippen molar-refractivity contribution in [2.24, 2.45) is 0 Å². The van der Waals surface area contributed by atoms with E-state index in [2.05, 4.69) is 0 Å². The minimum atomic E-state index is -4.09. The Morgan fingerprint density at radius 2 is 2.05 bits per heavy atom. The standard InChI is InChI=1S/C12H17NO7S/c1-7-10(12(15)16)11(8(2)20-7)21(17,18)13-3-4-19-6-9(13)5-14/h9,14H,3-6H2,1-2H3,(H,15,16). The van der Waals surface area contributed by atoms with E-state index in [4.69, 9.17) is 9.15 Å². The average molecular weight is 319 g/mol. The zero-order valence-electron chi connectivity index (χ0n) is 11.7. The van der Waals surface area contributed by atoms with Crippen LogP contribution in [0, 0.1) is 13.8 Å². The number of carbonyl (C=O) groups is 1. The van der Waals surface area contributed by atoms with Gasteiger partial charge in [0.1, 0.15) is 22.0 Å². The van der Waals surface area contributed by atoms with Crippen molar-refractivity contribution in [3.8, 4) is 0 Å². The van der Waals surface area contributed by atoms with E-state index in [0.29, 0.717) is 0 Å². The third-order valence-electron chi connectivity index (χ3n) is 3.37. The number of hydrogen-bond donors (Lipinski definition) is 2. The van der Waals surface area contributed by atoms with Gasteiger partial charge in [-0.05, 0) is 13.8 Å². The lowest BCUT2D eigenvalue weighted by Gasteiger charge is -2.33. The lowest BCUT2D eigenvalue weighted by molar-refractivity contribution is 0.0108. The molecule has 21 heavy (non-hydrogen) atoms. The Morgan fingerprint density at radius 3 is 2.62 bits per heavy atom. The van der Waals surface area contributed by atoms with E-state index in [1.807, 2.05) is 0 Å². The normalized spacial score (nSPS) is 20.6. The van der Waals surface area contributed by atoms with Crippen LogP contribution in [0.25, 0.3) is 0 Å². The summed E-state index contributed by atoms with van der Waals surface area (Å²) in [6.07, 6.45) is 0. The quantitative estimate of drug-likeness (QED) is 0.800. The molecular formula is C12H17NO7S. The predicted octanol–water partition coefficient (Wildman–Crippen LogP) is -0.0236. The number of aliphatic hydroxyl groups is 1. The Kier molecular flexibility index (Phi) is 4.38. The van der Waals surface area contributed by atoms with Crippen molar-refractivity contribution in [1.82, 2.24) is 4.31 Å². The fourth-order valence-electron chi connectivity index (χ4n) is 2.44. The molecule has 1 atom stereocenters. The van der Waals surface area contributed by atoms with E-state index in [9.17, 15) is 23.4 Å². The fourth-order valence-corrected chi connectivity index (χ4v) is 4.40. The summed E-state index contributed by atoms with van der Waals surface area (Å²) < 4.78 is 36.9. The van der Waals surface area contributed by atoms with Crippen molar-refractivity contribution in [3.63, 3.8) is 0 Å². The van der Waals surface area contributed by atoms with Crippen molar-refractivity contribution in [3.05, 3.63) is 17.1 Å². The zero-order chi connectivity index (χ0) is 15.8. The first-order chi connectivity index (χ1) is 9.80. The summed E-state index contributed by atoms with van der Waals surface area (Å²) in [6.45, 7) is 2.70. The summed E-state index contributed by atoms with van der Waals surface area (Å²) in [5.41, 5.74) is -0.365. The average Bonchev–Trinajstić information content (AvgIpc) is 2.74. The van der Waals surface area contributed by atoms with E-state index >= 15 is 0 Å². The highest BCUT2D eigenvalue weighted by atomic mass is 32.2. The molecule has 2 N–H and O–H groups in total. The van der Waals surface area contributed by atoms with Crippen LogP contribution in [-0.4, -0.2) is 61.3 Å². The fraction of sp³-hybridized carbons (Fsp3) is 0.583. The summed E-state index contributed by atoms with van der Waals surface area (Å²) in [4.78, 5) is 11.0. The van der Waals surface area contributed by atoms with E-state index in [1.54, 1.807) is 0 Å². The molecule has 9 heteroatoms. The monoisotopic (exact) mass is 319 g/mol. The smallest absolute Gasteiger partial charge is 0.340 e. The maximum atomic E-state index is 12.8. The highest BCUT2D eigenvalue weighted by Gasteiger charge is 2.39. The first kappa shape index (κ1) is 16.0. The predicted molar refractivity (Wildman–Crippen MR) is 70.7 cm³/mol. The summed E-state index contributed by atoms with van der Waals surface area (Å²) in [7, 11) is -4.09. The molecule has 1 aliphatic rings. The van der Waals surface area contributed by atoms with Crippen molar-refractivity contribution >= 4 is 16.0 Å². The number of hydrogen-bond acceptors (Lipinski definition) is 6. The molecule has 8 nitrogen and oxygen atoms in total. The van der Waals surface area contributed by atoms with Crippen molar-refractivity contribution in [2.75, 3.05) is 26.4 Å². The Hall–Kier alpha value is -1.42. The molecule has 0 aromatic carbocycles. The van der Waals surface area contributed by atoms with E-state index in [-0.39, 0.29) is 41.7 Å². The van der Waals surface area contributed by atoms with Gasteiger partial charge in [-0.15, -0.1) is 0 Å². The maximum Gasteiger partial charge on any atom is 0.340 e. The summed E-state index contributed by atoms with van der Waals surface area (Å²) in [6, 6.07) is -0.736. The molecule has 2 heterocycles. The number of carboxylic acids is 1. The second kappa shape index (κ2) is 5.76. The minimum absolute atomic E-state index is 0.0214. The van der Waals surface area contributed by atoms with E-state index in [1.165, 1.54) is 13.8 Å². The molecule has 0 bridgehead atoms. The van der Waals surface area contributed by atoms with Gasteiger partial charge in [0.05, 0.1) is 25.9 Å². The van der Waals surface area contributed by atoms with Crippen molar-refractivity contribution < 1.29 is 32.6 Å². The molecule has 1 saturated heterocycles. The summed E-state index contributed by atoms with van der Waals surface area (Å²) in [5, 5.41) is 18.5. The molecule has 2 rings (SSSR count). The molecule has 1 aliphatic heterocycles. The third kappa shape index (κ3) is 2.69. The van der Waals surface area contributed by atoms with E-state index < -0.39 is 28.6 Å². The van der Waals surface area contributed by atoms with Crippen LogP contribution in [0.15, 0.2) is 9.31 Å². The van der Waals surface area contributed by atoms with Crippen LogP contribution in [0.4, 0.5) is 0 Å². The second-order valence-corrected chi connectivity index (χ2v) is 6.58. The largest absolute Gasteiger partial charge is 0.478 e. The Bertz CT molecular complexity index is 649. The van der Waals surface area contributed by atoms with Crippen LogP contribution in [-0.2, 0) is 14.8 Å². The molecule has 0 saturated carbocycles. The summed E-state index contributed by atoms with van der Waals surface area (Å²) >= 11 is 0. The van der Waals surface area contributed by atoms with Crippen LogP contribution >= 0.6 is 0 Å². The molecule has 0 spiro atoms. The van der Waals surface area contributed by atoms with Crippen molar-refractivity contribution in [1.29, 1.82) is 0 Å². The van der Waals surface area contributed by atoms with Gasteiger partial charge in [0, 0.05) is 6.54 Å². The molecule has 0 radical (unpaired) electrons. The SMILES string of the molecule is Cc1oc(C)c(S(=O)(=O)N2CCOCC2CO)c1C(=O)O. The highest BCUT2D eigenvalue weighted by Crippen LogP contribution is 2.30. The molecule has 118 valence electrons. The van der Waals surface area contributed by atoms with Crippen LogP contribution in [0.2, 0.25) is 0 Å². The van der Waals surface area contributed by atoms with Crippen LogP contribution in [0.5, 0.6) is 0 Å². The molecule has 1 unspecified atom stereocenters. The molecule has 1 aromatic heterocycles. The van der Waals surface area contributed by atoms with Gasteiger partial charge in [-0.1, -0.05) is 0 Å². The Balaban J connectivity index is 2.56. The Labute approximate surface area is 122 Å².